The maximum Gasteiger partial charge on any atom is 0.239 e. The number of aromatic nitrogens is 2. The number of carbonyl (C=O) groups excluding carboxylic acids is 1. The molecule has 0 bridgehead atoms. The van der Waals surface area contributed by atoms with Gasteiger partial charge in [0.2, 0.25) is 5.91 Å². The van der Waals surface area contributed by atoms with Gasteiger partial charge in [-0.15, -0.1) is 11.8 Å². The number of amides is 1. The summed E-state index contributed by atoms with van der Waals surface area (Å²) in [5, 5.41) is 7.50. The lowest BCUT2D eigenvalue weighted by atomic mass is 10.1. The molecule has 1 atom stereocenters. The van der Waals surface area contributed by atoms with Crippen LogP contribution in [-0.4, -0.2) is 20.9 Å². The minimum Gasteiger partial charge on any atom is -0.310 e. The summed E-state index contributed by atoms with van der Waals surface area (Å²) in [5.74, 6) is 0.790. The highest BCUT2D eigenvalue weighted by molar-refractivity contribution is 8.01. The Bertz CT molecular complexity index is 879. The average molecular weight is 349 g/mol. The molecule has 0 saturated heterocycles. The van der Waals surface area contributed by atoms with E-state index in [1.54, 1.807) is 11.8 Å². The maximum atomic E-state index is 12.7. The molecule has 2 aromatic carbocycles. The van der Waals surface area contributed by atoms with Crippen molar-refractivity contribution in [3.63, 3.8) is 0 Å². The highest BCUT2D eigenvalue weighted by Crippen LogP contribution is 2.37. The number of hydrogen-bond donors (Lipinski definition) is 1. The van der Waals surface area contributed by atoms with Crippen LogP contribution in [0.4, 0.5) is 5.82 Å². The van der Waals surface area contributed by atoms with Crippen LogP contribution in [0.1, 0.15) is 16.8 Å². The van der Waals surface area contributed by atoms with Gasteiger partial charge in [0, 0.05) is 11.0 Å². The second-order valence-corrected chi connectivity index (χ2v) is 7.47. The van der Waals surface area contributed by atoms with Crippen molar-refractivity contribution in [3.8, 4) is 0 Å². The van der Waals surface area contributed by atoms with E-state index in [1.807, 2.05) is 48.0 Å². The number of carbonyl (C=O) groups is 1. The molecule has 1 aliphatic rings. The third kappa shape index (κ3) is 3.46. The standard InChI is InChI=1S/C20H19N3OS/c1-14-11-19(23(22-14)13-15-7-3-2-4-8-15)21-20(24)18-12-16-9-5-6-10-17(16)25-18/h2-11,18H,12-13H2,1H3,(H,21,24). The Hall–Kier alpha value is -2.53. The van der Waals surface area contributed by atoms with Gasteiger partial charge in [0.25, 0.3) is 0 Å². The Morgan fingerprint density at radius 2 is 1.96 bits per heavy atom. The number of thioether (sulfide) groups is 1. The summed E-state index contributed by atoms with van der Waals surface area (Å²) < 4.78 is 1.86. The number of anilines is 1. The fourth-order valence-corrected chi connectivity index (χ4v) is 4.25. The highest BCUT2D eigenvalue weighted by atomic mass is 32.2. The van der Waals surface area contributed by atoms with Crippen molar-refractivity contribution in [2.24, 2.45) is 0 Å². The number of aryl methyl sites for hydroxylation is 1. The monoisotopic (exact) mass is 349 g/mol. The summed E-state index contributed by atoms with van der Waals surface area (Å²) in [6.45, 7) is 2.58. The number of fused-ring (bicyclic) bond motifs is 1. The van der Waals surface area contributed by atoms with Crippen LogP contribution in [0.3, 0.4) is 0 Å². The third-order valence-corrected chi connectivity index (χ3v) is 5.59. The Kier molecular flexibility index (Phi) is 4.32. The van der Waals surface area contributed by atoms with Gasteiger partial charge in [-0.25, -0.2) is 4.68 Å². The zero-order valence-electron chi connectivity index (χ0n) is 14.0. The second kappa shape index (κ2) is 6.76. The first-order valence-electron chi connectivity index (χ1n) is 8.33. The van der Waals surface area contributed by atoms with Crippen molar-refractivity contribution in [3.05, 3.63) is 77.5 Å². The molecule has 126 valence electrons. The van der Waals surface area contributed by atoms with Crippen LogP contribution in [0.25, 0.3) is 0 Å². The number of benzene rings is 2. The van der Waals surface area contributed by atoms with E-state index in [2.05, 4.69) is 34.7 Å². The van der Waals surface area contributed by atoms with Gasteiger partial charge in [-0.2, -0.15) is 5.10 Å². The molecule has 0 fully saturated rings. The van der Waals surface area contributed by atoms with Crippen molar-refractivity contribution in [1.29, 1.82) is 0 Å². The fourth-order valence-electron chi connectivity index (χ4n) is 3.06. The Morgan fingerprint density at radius 1 is 1.20 bits per heavy atom. The molecule has 1 amide bonds. The second-order valence-electron chi connectivity index (χ2n) is 6.22. The molecule has 5 heteroatoms. The van der Waals surface area contributed by atoms with Crippen molar-refractivity contribution in [1.82, 2.24) is 9.78 Å². The summed E-state index contributed by atoms with van der Waals surface area (Å²) in [5.41, 5.74) is 3.30. The van der Waals surface area contributed by atoms with Crippen molar-refractivity contribution < 1.29 is 4.79 Å². The van der Waals surface area contributed by atoms with Gasteiger partial charge in [-0.3, -0.25) is 4.79 Å². The topological polar surface area (TPSA) is 46.9 Å². The molecule has 0 saturated carbocycles. The van der Waals surface area contributed by atoms with Gasteiger partial charge < -0.3 is 5.32 Å². The number of nitrogens with one attached hydrogen (secondary N) is 1. The molecule has 2 heterocycles. The molecule has 3 aromatic rings. The number of hydrogen-bond acceptors (Lipinski definition) is 3. The average Bonchev–Trinajstić information content (AvgIpc) is 3.19. The summed E-state index contributed by atoms with van der Waals surface area (Å²) >= 11 is 1.64. The largest absolute Gasteiger partial charge is 0.310 e. The molecule has 0 spiro atoms. The highest BCUT2D eigenvalue weighted by Gasteiger charge is 2.28. The molecule has 1 unspecified atom stereocenters. The van der Waals surface area contributed by atoms with Gasteiger partial charge in [-0.1, -0.05) is 48.5 Å². The van der Waals surface area contributed by atoms with E-state index < -0.39 is 0 Å². The number of rotatable bonds is 4. The van der Waals surface area contributed by atoms with Gasteiger partial charge in [-0.05, 0) is 30.5 Å². The van der Waals surface area contributed by atoms with E-state index in [0.717, 1.165) is 23.5 Å². The van der Waals surface area contributed by atoms with E-state index in [0.29, 0.717) is 6.54 Å². The van der Waals surface area contributed by atoms with Gasteiger partial charge in [0.1, 0.15) is 5.82 Å². The van der Waals surface area contributed by atoms with Crippen LogP contribution in [0, 0.1) is 6.92 Å². The predicted octanol–water partition coefficient (Wildman–Crippen LogP) is 3.90. The summed E-state index contributed by atoms with van der Waals surface area (Å²) in [7, 11) is 0. The Labute approximate surface area is 151 Å². The lowest BCUT2D eigenvalue weighted by Gasteiger charge is -2.12. The SMILES string of the molecule is Cc1cc(NC(=O)C2Cc3ccccc3S2)n(Cc2ccccc2)n1. The first kappa shape index (κ1) is 16.0. The molecule has 0 radical (unpaired) electrons. The minimum absolute atomic E-state index is 0.0374. The van der Waals surface area contributed by atoms with Crippen LogP contribution >= 0.6 is 11.8 Å². The zero-order valence-corrected chi connectivity index (χ0v) is 14.8. The maximum absolute atomic E-state index is 12.7. The van der Waals surface area contributed by atoms with E-state index in [1.165, 1.54) is 10.5 Å². The minimum atomic E-state index is -0.0854. The smallest absolute Gasteiger partial charge is 0.239 e. The van der Waals surface area contributed by atoms with E-state index in [9.17, 15) is 4.79 Å². The van der Waals surface area contributed by atoms with E-state index in [4.69, 9.17) is 0 Å². The fraction of sp³-hybridized carbons (Fsp3) is 0.200. The molecule has 4 rings (SSSR count). The number of nitrogens with zero attached hydrogens (tertiary/aromatic N) is 2. The van der Waals surface area contributed by atoms with Crippen molar-refractivity contribution >= 4 is 23.5 Å². The van der Waals surface area contributed by atoms with Crippen LogP contribution in [0.2, 0.25) is 0 Å². The van der Waals surface area contributed by atoms with Crippen LogP contribution < -0.4 is 5.32 Å². The molecule has 0 aliphatic carbocycles. The Balaban J connectivity index is 1.49. The van der Waals surface area contributed by atoms with E-state index in [-0.39, 0.29) is 11.2 Å². The molecule has 25 heavy (non-hydrogen) atoms. The normalized spacial score (nSPS) is 15.8. The Morgan fingerprint density at radius 3 is 2.76 bits per heavy atom. The summed E-state index contributed by atoms with van der Waals surface area (Å²) in [4.78, 5) is 13.9. The first-order valence-corrected chi connectivity index (χ1v) is 9.21. The predicted molar refractivity (Wildman–Crippen MR) is 101 cm³/mol. The quantitative estimate of drug-likeness (QED) is 0.777. The van der Waals surface area contributed by atoms with Crippen LogP contribution in [0.15, 0.2) is 65.6 Å². The lowest BCUT2D eigenvalue weighted by Crippen LogP contribution is -2.26. The molecule has 4 nitrogen and oxygen atoms in total. The molecular weight excluding hydrogens is 330 g/mol. The van der Waals surface area contributed by atoms with E-state index >= 15 is 0 Å². The van der Waals surface area contributed by atoms with Gasteiger partial charge in [0.15, 0.2) is 0 Å². The van der Waals surface area contributed by atoms with Gasteiger partial charge in [0.05, 0.1) is 17.5 Å². The molecule has 1 N–H and O–H groups in total. The summed E-state index contributed by atoms with van der Waals surface area (Å²) in [6, 6.07) is 20.3. The summed E-state index contributed by atoms with van der Waals surface area (Å²) in [6.07, 6.45) is 0.776. The molecule has 1 aliphatic heterocycles. The molecule has 1 aromatic heterocycles. The van der Waals surface area contributed by atoms with Crippen molar-refractivity contribution in [2.75, 3.05) is 5.32 Å². The lowest BCUT2D eigenvalue weighted by molar-refractivity contribution is -0.115. The van der Waals surface area contributed by atoms with Crippen LogP contribution in [0.5, 0.6) is 0 Å². The zero-order chi connectivity index (χ0) is 17.2. The van der Waals surface area contributed by atoms with Gasteiger partial charge >= 0.3 is 0 Å². The third-order valence-electron chi connectivity index (χ3n) is 4.27. The van der Waals surface area contributed by atoms with Crippen LogP contribution in [-0.2, 0) is 17.8 Å². The first-order chi connectivity index (χ1) is 12.2. The molecular formula is C20H19N3OS. The van der Waals surface area contributed by atoms with Crippen molar-refractivity contribution in [2.45, 2.75) is 30.0 Å².